The maximum absolute atomic E-state index is 4.93. The standard InChI is InChI=1S/C36H24N2S/c1-2-5-25(6-3-1)26-8-12-29(13-9-26)32-20-21-34-35(23-32)39-36(38-34)31-18-16-28(17-19-31)27-10-14-30(15-11-27)33-7-4-22-37-24-33/h1-24H. The monoisotopic (exact) mass is 516 g/mol. The molecule has 0 amide bonds. The van der Waals surface area contributed by atoms with Crippen molar-refractivity contribution in [2.24, 2.45) is 0 Å². The van der Waals surface area contributed by atoms with Gasteiger partial charge in [0.15, 0.2) is 0 Å². The molecular formula is C36H24N2S. The van der Waals surface area contributed by atoms with Crippen LogP contribution in [0.1, 0.15) is 0 Å². The summed E-state index contributed by atoms with van der Waals surface area (Å²) < 4.78 is 1.20. The molecule has 184 valence electrons. The Balaban J connectivity index is 1.12. The minimum absolute atomic E-state index is 1.04. The Morgan fingerprint density at radius 2 is 0.897 bits per heavy atom. The Morgan fingerprint density at radius 3 is 1.49 bits per heavy atom. The summed E-state index contributed by atoms with van der Waals surface area (Å²) in [6.45, 7) is 0. The molecule has 0 saturated carbocycles. The van der Waals surface area contributed by atoms with Gasteiger partial charge in [-0.2, -0.15) is 0 Å². The van der Waals surface area contributed by atoms with Crippen molar-refractivity contribution in [1.82, 2.24) is 9.97 Å². The highest BCUT2D eigenvalue weighted by molar-refractivity contribution is 7.21. The summed E-state index contributed by atoms with van der Waals surface area (Å²) in [4.78, 5) is 9.16. The van der Waals surface area contributed by atoms with Crippen molar-refractivity contribution in [3.63, 3.8) is 0 Å². The summed E-state index contributed by atoms with van der Waals surface area (Å²) in [5, 5.41) is 1.04. The minimum atomic E-state index is 1.04. The van der Waals surface area contributed by atoms with E-state index in [1.165, 1.54) is 43.6 Å². The summed E-state index contributed by atoms with van der Waals surface area (Å²) >= 11 is 1.74. The zero-order valence-corrected chi connectivity index (χ0v) is 22.0. The Kier molecular flexibility index (Phi) is 6.04. The molecule has 0 aliphatic heterocycles. The average Bonchev–Trinajstić information content (AvgIpc) is 3.46. The third-order valence-electron chi connectivity index (χ3n) is 7.06. The number of hydrogen-bond donors (Lipinski definition) is 0. The molecule has 2 heterocycles. The lowest BCUT2D eigenvalue weighted by Gasteiger charge is -2.05. The van der Waals surface area contributed by atoms with E-state index in [0.29, 0.717) is 0 Å². The van der Waals surface area contributed by atoms with Crippen LogP contribution in [-0.4, -0.2) is 9.97 Å². The molecule has 2 aromatic heterocycles. The molecule has 0 aliphatic rings. The second kappa shape index (κ2) is 10.1. The van der Waals surface area contributed by atoms with Crippen LogP contribution in [0.15, 0.2) is 146 Å². The molecule has 7 aromatic rings. The first-order valence-electron chi connectivity index (χ1n) is 13.0. The predicted molar refractivity (Wildman–Crippen MR) is 165 cm³/mol. The van der Waals surface area contributed by atoms with Crippen molar-refractivity contribution in [1.29, 1.82) is 0 Å². The van der Waals surface area contributed by atoms with Crippen molar-refractivity contribution in [3.05, 3.63) is 146 Å². The molecule has 0 aliphatic carbocycles. The van der Waals surface area contributed by atoms with Crippen LogP contribution >= 0.6 is 11.3 Å². The van der Waals surface area contributed by atoms with E-state index >= 15 is 0 Å². The Hall–Kier alpha value is -4.86. The third-order valence-corrected chi connectivity index (χ3v) is 8.13. The van der Waals surface area contributed by atoms with Crippen LogP contribution in [0.2, 0.25) is 0 Å². The van der Waals surface area contributed by atoms with Crippen LogP contribution in [0.25, 0.3) is 65.3 Å². The predicted octanol–water partition coefficient (Wildman–Crippen LogP) is 10.0. The van der Waals surface area contributed by atoms with Crippen LogP contribution in [0.4, 0.5) is 0 Å². The molecule has 7 rings (SSSR count). The van der Waals surface area contributed by atoms with Gasteiger partial charge in [0.25, 0.3) is 0 Å². The maximum Gasteiger partial charge on any atom is 0.124 e. The normalized spacial score (nSPS) is 11.1. The second-order valence-corrected chi connectivity index (χ2v) is 10.6. The number of rotatable bonds is 5. The SMILES string of the molecule is c1ccc(-c2ccc(-c3ccc4nc(-c5ccc(-c6ccc(-c7cccnc7)cc6)cc5)sc4c3)cc2)cc1. The molecule has 2 nitrogen and oxygen atoms in total. The number of aromatic nitrogens is 2. The molecule has 0 atom stereocenters. The van der Waals surface area contributed by atoms with E-state index in [1.807, 2.05) is 18.3 Å². The van der Waals surface area contributed by atoms with E-state index in [9.17, 15) is 0 Å². The van der Waals surface area contributed by atoms with E-state index in [2.05, 4.69) is 126 Å². The van der Waals surface area contributed by atoms with Gasteiger partial charge in [0.1, 0.15) is 5.01 Å². The zero-order valence-electron chi connectivity index (χ0n) is 21.2. The van der Waals surface area contributed by atoms with E-state index < -0.39 is 0 Å². The molecule has 5 aromatic carbocycles. The number of pyridine rings is 1. The van der Waals surface area contributed by atoms with Crippen LogP contribution in [-0.2, 0) is 0 Å². The summed E-state index contributed by atoms with van der Waals surface area (Å²) in [7, 11) is 0. The van der Waals surface area contributed by atoms with Gasteiger partial charge in [-0.25, -0.2) is 4.98 Å². The van der Waals surface area contributed by atoms with Crippen molar-refractivity contribution in [3.8, 4) is 55.1 Å². The van der Waals surface area contributed by atoms with Gasteiger partial charge in [0.05, 0.1) is 10.2 Å². The van der Waals surface area contributed by atoms with Crippen LogP contribution in [0, 0.1) is 0 Å². The van der Waals surface area contributed by atoms with E-state index in [1.54, 1.807) is 17.5 Å². The smallest absolute Gasteiger partial charge is 0.124 e. The van der Waals surface area contributed by atoms with Gasteiger partial charge in [-0.1, -0.05) is 115 Å². The van der Waals surface area contributed by atoms with Gasteiger partial charge in [-0.3, -0.25) is 4.98 Å². The van der Waals surface area contributed by atoms with Gasteiger partial charge in [0.2, 0.25) is 0 Å². The van der Waals surface area contributed by atoms with Crippen LogP contribution < -0.4 is 0 Å². The van der Waals surface area contributed by atoms with E-state index in [-0.39, 0.29) is 0 Å². The summed E-state index contributed by atoms with van der Waals surface area (Å²) in [6, 6.07) is 47.2. The summed E-state index contributed by atoms with van der Waals surface area (Å²) in [5.41, 5.74) is 11.8. The third kappa shape index (κ3) is 4.76. The zero-order chi connectivity index (χ0) is 26.0. The highest BCUT2D eigenvalue weighted by Gasteiger charge is 2.09. The lowest BCUT2D eigenvalue weighted by Crippen LogP contribution is -1.82. The number of hydrogen-bond acceptors (Lipinski definition) is 3. The molecule has 0 N–H and O–H groups in total. The number of benzene rings is 5. The molecule has 0 spiro atoms. The maximum atomic E-state index is 4.93. The van der Waals surface area contributed by atoms with E-state index in [0.717, 1.165) is 21.7 Å². The fourth-order valence-corrected chi connectivity index (χ4v) is 5.92. The first kappa shape index (κ1) is 23.3. The molecule has 39 heavy (non-hydrogen) atoms. The first-order chi connectivity index (χ1) is 19.3. The molecule has 3 heteroatoms. The Morgan fingerprint density at radius 1 is 0.410 bits per heavy atom. The topological polar surface area (TPSA) is 25.8 Å². The second-order valence-electron chi connectivity index (χ2n) is 9.54. The molecule has 0 bridgehead atoms. The summed E-state index contributed by atoms with van der Waals surface area (Å²) in [5.74, 6) is 0. The Labute approximate surface area is 231 Å². The number of nitrogens with zero attached hydrogens (tertiary/aromatic N) is 2. The highest BCUT2D eigenvalue weighted by atomic mass is 32.1. The molecular weight excluding hydrogens is 492 g/mol. The van der Waals surface area contributed by atoms with Gasteiger partial charge in [-0.05, 0) is 62.7 Å². The lowest BCUT2D eigenvalue weighted by atomic mass is 10.0. The molecule has 0 unspecified atom stereocenters. The van der Waals surface area contributed by atoms with E-state index in [4.69, 9.17) is 4.98 Å². The largest absolute Gasteiger partial charge is 0.264 e. The Bertz CT molecular complexity index is 1850. The molecule has 0 radical (unpaired) electrons. The molecule has 0 saturated heterocycles. The van der Waals surface area contributed by atoms with Crippen molar-refractivity contribution in [2.45, 2.75) is 0 Å². The van der Waals surface area contributed by atoms with Crippen molar-refractivity contribution < 1.29 is 0 Å². The lowest BCUT2D eigenvalue weighted by molar-refractivity contribution is 1.33. The van der Waals surface area contributed by atoms with Crippen molar-refractivity contribution in [2.75, 3.05) is 0 Å². The van der Waals surface area contributed by atoms with Gasteiger partial charge in [0, 0.05) is 18.0 Å². The first-order valence-corrected chi connectivity index (χ1v) is 13.8. The minimum Gasteiger partial charge on any atom is -0.264 e. The molecule has 0 fully saturated rings. The fourth-order valence-electron chi connectivity index (χ4n) is 4.91. The van der Waals surface area contributed by atoms with Gasteiger partial charge >= 0.3 is 0 Å². The fraction of sp³-hybridized carbons (Fsp3) is 0. The number of thiazole rings is 1. The summed E-state index contributed by atoms with van der Waals surface area (Å²) in [6.07, 6.45) is 3.70. The van der Waals surface area contributed by atoms with Gasteiger partial charge < -0.3 is 0 Å². The van der Waals surface area contributed by atoms with Crippen LogP contribution in [0.5, 0.6) is 0 Å². The highest BCUT2D eigenvalue weighted by Crippen LogP contribution is 2.35. The quantitative estimate of drug-likeness (QED) is 0.227. The van der Waals surface area contributed by atoms with Gasteiger partial charge in [-0.15, -0.1) is 11.3 Å². The number of fused-ring (bicyclic) bond motifs is 1. The average molecular weight is 517 g/mol. The van der Waals surface area contributed by atoms with Crippen LogP contribution in [0.3, 0.4) is 0 Å². The van der Waals surface area contributed by atoms with Crippen molar-refractivity contribution >= 4 is 21.6 Å².